The summed E-state index contributed by atoms with van der Waals surface area (Å²) >= 11 is 6.61. The summed E-state index contributed by atoms with van der Waals surface area (Å²) in [6.07, 6.45) is 28.8. The predicted octanol–water partition coefficient (Wildman–Crippen LogP) is 17.8. The van der Waals surface area contributed by atoms with Gasteiger partial charge in [-0.05, 0) is 105 Å². The van der Waals surface area contributed by atoms with Crippen LogP contribution in [0, 0.1) is 19.8 Å². The number of nitrogens with zero attached hydrogens (tertiary/aromatic N) is 1. The number of rotatable bonds is 27. The van der Waals surface area contributed by atoms with E-state index in [9.17, 15) is 9.59 Å². The topological polar surface area (TPSA) is 83.6 Å². The highest BCUT2D eigenvalue weighted by molar-refractivity contribution is 7.24. The summed E-state index contributed by atoms with van der Waals surface area (Å²) in [4.78, 5) is 68.6. The molecule has 0 aliphatic carbocycles. The molecule has 2 aromatic carbocycles. The highest BCUT2D eigenvalue weighted by atomic mass is 32.1. The molecular formula is C58H68N2O4S4. The molecule has 0 saturated carbocycles. The van der Waals surface area contributed by atoms with E-state index in [0.717, 1.165) is 54.9 Å². The van der Waals surface area contributed by atoms with E-state index in [1.54, 1.807) is 51.4 Å². The van der Waals surface area contributed by atoms with Crippen LogP contribution in [0.3, 0.4) is 0 Å². The lowest BCUT2D eigenvalue weighted by molar-refractivity contribution is 0.0576. The molecule has 0 fully saturated rings. The van der Waals surface area contributed by atoms with Crippen molar-refractivity contribution in [1.82, 2.24) is 10.2 Å². The Balaban J connectivity index is 1.11. The largest absolute Gasteiger partial charge is 0.288 e. The Kier molecular flexibility index (Phi) is 17.5. The molecule has 10 heteroatoms. The third-order valence-corrected chi connectivity index (χ3v) is 18.2. The zero-order chi connectivity index (χ0) is 47.6. The highest BCUT2D eigenvalue weighted by Crippen LogP contribution is 2.48. The van der Waals surface area contributed by atoms with E-state index >= 15 is 9.59 Å². The first kappa shape index (κ1) is 49.9. The van der Waals surface area contributed by atoms with E-state index in [0.29, 0.717) is 50.7 Å². The molecule has 0 bridgehead atoms. The van der Waals surface area contributed by atoms with Crippen LogP contribution in [-0.2, 0) is 0 Å². The molecule has 1 unspecified atom stereocenters. The predicted molar refractivity (Wildman–Crippen MR) is 291 cm³/mol. The Morgan fingerprint density at radius 2 is 0.941 bits per heavy atom. The van der Waals surface area contributed by atoms with Crippen molar-refractivity contribution in [2.75, 3.05) is 6.54 Å². The molecule has 1 atom stereocenters. The molecule has 8 rings (SSSR count). The second-order valence-electron chi connectivity index (χ2n) is 19.1. The van der Waals surface area contributed by atoms with Crippen molar-refractivity contribution in [2.24, 2.45) is 5.92 Å². The lowest BCUT2D eigenvalue weighted by atomic mass is 9.81. The summed E-state index contributed by atoms with van der Waals surface area (Å²) in [6.45, 7) is 9.03. The Bertz CT molecular complexity index is 2760. The number of imide groups is 2. The molecule has 358 valence electrons. The zero-order valence-corrected chi connectivity index (χ0v) is 43.8. The zero-order valence-electron chi connectivity index (χ0n) is 40.6. The van der Waals surface area contributed by atoms with Crippen molar-refractivity contribution in [1.29, 1.82) is 0 Å². The molecule has 0 radical (unpaired) electrons. The summed E-state index contributed by atoms with van der Waals surface area (Å²) in [6, 6.07) is 20.3. The number of aryl methyl sites for hydroxylation is 2. The summed E-state index contributed by atoms with van der Waals surface area (Å²) in [7, 11) is 0. The van der Waals surface area contributed by atoms with E-state index in [-0.39, 0.29) is 17.7 Å². The fraction of sp³-hybridized carbons (Fsp3) is 0.448. The van der Waals surface area contributed by atoms with E-state index in [1.165, 1.54) is 117 Å². The third-order valence-electron chi connectivity index (χ3n) is 13.8. The molecule has 0 spiro atoms. The van der Waals surface area contributed by atoms with Crippen molar-refractivity contribution < 1.29 is 19.2 Å². The molecule has 2 aliphatic rings. The fourth-order valence-electron chi connectivity index (χ4n) is 10.2. The van der Waals surface area contributed by atoms with Gasteiger partial charge in [-0.1, -0.05) is 129 Å². The maximum atomic E-state index is 15.3. The first-order valence-corrected chi connectivity index (χ1v) is 28.8. The number of thiophene rings is 4. The number of benzene rings is 2. The van der Waals surface area contributed by atoms with Gasteiger partial charge in [-0.25, -0.2) is 0 Å². The van der Waals surface area contributed by atoms with Crippen LogP contribution < -0.4 is 5.32 Å². The molecule has 1 N–H and O–H groups in total. The maximum Gasteiger partial charge on any atom is 0.262 e. The lowest BCUT2D eigenvalue weighted by Crippen LogP contribution is -2.44. The number of amides is 4. The Morgan fingerprint density at radius 3 is 1.54 bits per heavy atom. The fourth-order valence-corrected chi connectivity index (χ4v) is 13.8. The normalized spacial score (nSPS) is 14.0. The quantitative estimate of drug-likeness (QED) is 0.0412. The Morgan fingerprint density at radius 1 is 0.471 bits per heavy atom. The van der Waals surface area contributed by atoms with Crippen LogP contribution in [0.1, 0.15) is 203 Å². The van der Waals surface area contributed by atoms with Gasteiger partial charge >= 0.3 is 0 Å². The molecule has 4 amide bonds. The number of carbonyl (C=O) groups is 4. The van der Waals surface area contributed by atoms with E-state index < -0.39 is 11.8 Å². The van der Waals surface area contributed by atoms with Gasteiger partial charge in [-0.3, -0.25) is 29.4 Å². The van der Waals surface area contributed by atoms with Gasteiger partial charge in [0.2, 0.25) is 0 Å². The molecule has 2 aliphatic heterocycles. The molecule has 4 aromatic heterocycles. The second-order valence-corrected chi connectivity index (χ2v) is 23.9. The van der Waals surface area contributed by atoms with Gasteiger partial charge in [-0.15, -0.1) is 45.3 Å². The van der Waals surface area contributed by atoms with Crippen LogP contribution in [0.4, 0.5) is 0 Å². The summed E-state index contributed by atoms with van der Waals surface area (Å²) in [5, 5.41) is 3.46. The minimum absolute atomic E-state index is 0.186. The van der Waals surface area contributed by atoms with Crippen molar-refractivity contribution in [2.45, 2.75) is 156 Å². The molecule has 6 heterocycles. The average molecular weight is 985 g/mol. The summed E-state index contributed by atoms with van der Waals surface area (Å²) in [5.74, 6) is -1.51. The van der Waals surface area contributed by atoms with Crippen LogP contribution >= 0.6 is 45.3 Å². The monoisotopic (exact) mass is 984 g/mol. The van der Waals surface area contributed by atoms with Crippen molar-refractivity contribution in [3.63, 3.8) is 0 Å². The number of carbonyl (C=O) groups excluding carboxylic acids is 4. The minimum atomic E-state index is -0.514. The first-order valence-electron chi connectivity index (χ1n) is 25.6. The van der Waals surface area contributed by atoms with Gasteiger partial charge in [0.15, 0.2) is 0 Å². The minimum Gasteiger partial charge on any atom is -0.288 e. The molecular weight excluding hydrogens is 917 g/mol. The molecule has 6 aromatic rings. The van der Waals surface area contributed by atoms with Gasteiger partial charge in [0.1, 0.15) is 0 Å². The smallest absolute Gasteiger partial charge is 0.262 e. The molecule has 6 nitrogen and oxygen atoms in total. The Labute approximate surface area is 420 Å². The van der Waals surface area contributed by atoms with Gasteiger partial charge in [-0.2, -0.15) is 0 Å². The van der Waals surface area contributed by atoms with Gasteiger partial charge < -0.3 is 0 Å². The van der Waals surface area contributed by atoms with Crippen LogP contribution in [0.15, 0.2) is 60.7 Å². The standard InChI is InChI=1S/C58H68N2O4S4/c1-5-7-9-11-13-15-16-18-20-22-24-40(23-21-19-17-14-12-10-8-6-2)37-60-57(63)46-36-43(48-33-34-50(68-48)49-32-30-42(67-49)29-28-41-27-25-38(3)65-41)53-51-45(55(61)59-56(53)62)35-44(47-31-26-39(4)66-47)54(52(46)51)58(60)64/h25-36,40H,5-24,37H2,1-4H3,(H,59,61,62). The second kappa shape index (κ2) is 23.9. The third kappa shape index (κ3) is 11.7. The number of nitrogens with one attached hydrogen (secondary N) is 1. The summed E-state index contributed by atoms with van der Waals surface area (Å²) < 4.78 is 0. The number of unbranched alkanes of at least 4 members (excludes halogenated alkanes) is 16. The van der Waals surface area contributed by atoms with Crippen LogP contribution in [0.25, 0.3) is 53.6 Å². The average Bonchev–Trinajstić information content (AvgIpc) is 4.18. The number of hydrogen-bond acceptors (Lipinski definition) is 8. The maximum absolute atomic E-state index is 15.3. The van der Waals surface area contributed by atoms with E-state index in [4.69, 9.17) is 0 Å². The van der Waals surface area contributed by atoms with E-state index in [1.807, 2.05) is 31.2 Å². The van der Waals surface area contributed by atoms with Gasteiger partial charge in [0.25, 0.3) is 23.6 Å². The van der Waals surface area contributed by atoms with Crippen molar-refractivity contribution in [3.05, 3.63) is 102 Å². The number of hydrogen-bond donors (Lipinski definition) is 1. The van der Waals surface area contributed by atoms with E-state index in [2.05, 4.69) is 68.6 Å². The van der Waals surface area contributed by atoms with Crippen LogP contribution in [0.2, 0.25) is 0 Å². The summed E-state index contributed by atoms with van der Waals surface area (Å²) in [5.41, 5.74) is 2.71. The molecule has 0 saturated heterocycles. The highest BCUT2D eigenvalue weighted by Gasteiger charge is 2.41. The molecule has 68 heavy (non-hydrogen) atoms. The van der Waals surface area contributed by atoms with Gasteiger partial charge in [0, 0.05) is 78.6 Å². The van der Waals surface area contributed by atoms with Gasteiger partial charge in [0.05, 0.1) is 11.1 Å². The lowest BCUT2D eigenvalue weighted by Gasteiger charge is -2.33. The van der Waals surface area contributed by atoms with Crippen molar-refractivity contribution >= 4 is 91.9 Å². The first-order chi connectivity index (χ1) is 33.1. The van der Waals surface area contributed by atoms with Crippen molar-refractivity contribution in [3.8, 4) is 30.6 Å². The van der Waals surface area contributed by atoms with Crippen LogP contribution in [-0.4, -0.2) is 35.1 Å². The van der Waals surface area contributed by atoms with Crippen LogP contribution in [0.5, 0.6) is 0 Å². The Hall–Kier alpha value is -4.48. The SMILES string of the molecule is CCCCCCCCCCCCC(CCCCCCCCCC)CN1C(=O)c2cc(-c3ccc(-c4ccc(C=Cc5ccc(C)s5)s4)s3)c3c4c(cc(-c5ccc(C)s5)c(c24)C1=O)C(=O)NC3=O.